The molecule has 4 aliphatic rings. The zero-order valence-electron chi connectivity index (χ0n) is 12.6. The van der Waals surface area contributed by atoms with Crippen LogP contribution >= 0.6 is 0 Å². The Kier molecular flexibility index (Phi) is 2.56. The second-order valence-electron chi connectivity index (χ2n) is 8.45. The van der Waals surface area contributed by atoms with Crippen LogP contribution in [0, 0.1) is 16.7 Å². The van der Waals surface area contributed by atoms with E-state index < -0.39 is 10.0 Å². The Bertz CT molecular complexity index is 649. The molecule has 1 heterocycles. The number of nitrogens with one attached hydrogen (secondary N) is 2. The molecule has 0 aliphatic heterocycles. The van der Waals surface area contributed by atoms with Crippen LogP contribution < -0.4 is 4.72 Å². The molecule has 5 nitrogen and oxygen atoms in total. The van der Waals surface area contributed by atoms with Crippen molar-refractivity contribution in [2.24, 2.45) is 16.7 Å². The predicted octanol–water partition coefficient (Wildman–Crippen LogP) is 2.44. The predicted molar refractivity (Wildman–Crippen MR) is 79.0 cm³/mol. The number of H-pyrrole nitrogens is 1. The maximum Gasteiger partial charge on any atom is 0.244 e. The first-order valence-corrected chi connectivity index (χ1v) is 9.23. The Balaban J connectivity index is 1.69. The summed E-state index contributed by atoms with van der Waals surface area (Å²) in [5.74, 6) is 0.670. The van der Waals surface area contributed by atoms with Crippen molar-refractivity contribution < 1.29 is 8.42 Å². The molecule has 116 valence electrons. The van der Waals surface area contributed by atoms with Gasteiger partial charge in [-0.25, -0.2) is 13.1 Å². The molecular formula is C15H23N3O2S. The number of rotatable bonds is 3. The van der Waals surface area contributed by atoms with Crippen LogP contribution in [0.3, 0.4) is 0 Å². The van der Waals surface area contributed by atoms with E-state index in [1.807, 2.05) is 0 Å². The van der Waals surface area contributed by atoms with Crippen molar-refractivity contribution in [1.82, 2.24) is 14.9 Å². The molecule has 0 radical (unpaired) electrons. The van der Waals surface area contributed by atoms with Crippen molar-refractivity contribution >= 4 is 10.0 Å². The van der Waals surface area contributed by atoms with Crippen LogP contribution in [0.25, 0.3) is 0 Å². The van der Waals surface area contributed by atoms with E-state index in [-0.39, 0.29) is 10.4 Å². The molecule has 21 heavy (non-hydrogen) atoms. The van der Waals surface area contributed by atoms with Gasteiger partial charge < -0.3 is 0 Å². The summed E-state index contributed by atoms with van der Waals surface area (Å²) in [7, 11) is -3.48. The van der Waals surface area contributed by atoms with E-state index in [9.17, 15) is 8.42 Å². The summed E-state index contributed by atoms with van der Waals surface area (Å²) >= 11 is 0. The highest BCUT2D eigenvalue weighted by molar-refractivity contribution is 7.89. The molecule has 4 fully saturated rings. The normalized spacial score (nSPS) is 45.1. The van der Waals surface area contributed by atoms with Crippen LogP contribution in [0.1, 0.15) is 52.4 Å². The lowest BCUT2D eigenvalue weighted by atomic mass is 9.43. The van der Waals surface area contributed by atoms with E-state index in [4.69, 9.17) is 0 Å². The lowest BCUT2D eigenvalue weighted by Crippen LogP contribution is -2.65. The third-order valence-electron chi connectivity index (χ3n) is 5.76. The number of sulfonamides is 1. The van der Waals surface area contributed by atoms with Crippen molar-refractivity contribution in [2.45, 2.75) is 62.8 Å². The average Bonchev–Trinajstić information content (AvgIpc) is 2.74. The van der Waals surface area contributed by atoms with Gasteiger partial charge in [0.1, 0.15) is 4.90 Å². The summed E-state index contributed by atoms with van der Waals surface area (Å²) in [6.45, 7) is 4.69. The van der Waals surface area contributed by atoms with Gasteiger partial charge in [0, 0.05) is 11.7 Å². The fourth-order valence-corrected chi connectivity index (χ4v) is 7.61. The molecule has 1 aromatic heterocycles. The maximum atomic E-state index is 12.6. The standard InChI is InChI=1S/C15H23N3O2S/c1-13-3-11-4-14(2,8-13)10-15(5-11,9-13)18-21(19,20)12-6-16-17-7-12/h6-7,11,18H,3-5,8-10H2,1-2H3,(H,16,17). The molecule has 0 amide bonds. The Hall–Kier alpha value is -0.880. The summed E-state index contributed by atoms with van der Waals surface area (Å²) in [5.41, 5.74) is 0.346. The molecule has 2 atom stereocenters. The van der Waals surface area contributed by atoms with Crippen molar-refractivity contribution in [3.8, 4) is 0 Å². The lowest BCUT2D eigenvalue weighted by Gasteiger charge is -2.65. The van der Waals surface area contributed by atoms with Gasteiger partial charge in [-0.05, 0) is 55.3 Å². The highest BCUT2D eigenvalue weighted by Gasteiger charge is 2.61. The zero-order valence-corrected chi connectivity index (χ0v) is 13.5. The van der Waals surface area contributed by atoms with Crippen LogP contribution in [-0.4, -0.2) is 24.2 Å². The Morgan fingerprint density at radius 3 is 2.38 bits per heavy atom. The summed E-state index contributed by atoms with van der Waals surface area (Å²) in [6.07, 6.45) is 9.54. The van der Waals surface area contributed by atoms with Crippen molar-refractivity contribution in [1.29, 1.82) is 0 Å². The molecule has 4 aliphatic carbocycles. The second kappa shape index (κ2) is 3.90. The monoisotopic (exact) mass is 309 g/mol. The lowest BCUT2D eigenvalue weighted by molar-refractivity contribution is -0.110. The van der Waals surface area contributed by atoms with Crippen molar-refractivity contribution in [2.75, 3.05) is 0 Å². The van der Waals surface area contributed by atoms with E-state index >= 15 is 0 Å². The van der Waals surface area contributed by atoms with E-state index in [2.05, 4.69) is 28.8 Å². The molecule has 0 saturated heterocycles. The fourth-order valence-electron chi connectivity index (χ4n) is 6.29. The van der Waals surface area contributed by atoms with Gasteiger partial charge in [0.05, 0.1) is 6.20 Å². The van der Waals surface area contributed by atoms with E-state index in [1.54, 1.807) is 0 Å². The maximum absolute atomic E-state index is 12.6. The quantitative estimate of drug-likeness (QED) is 0.900. The molecule has 0 aromatic carbocycles. The summed E-state index contributed by atoms with van der Waals surface area (Å²) < 4.78 is 28.3. The smallest absolute Gasteiger partial charge is 0.244 e. The van der Waals surface area contributed by atoms with Crippen molar-refractivity contribution in [3.63, 3.8) is 0 Å². The van der Waals surface area contributed by atoms with Gasteiger partial charge in [0.2, 0.25) is 10.0 Å². The number of hydrogen-bond donors (Lipinski definition) is 2. The molecule has 0 spiro atoms. The van der Waals surface area contributed by atoms with Crippen molar-refractivity contribution in [3.05, 3.63) is 12.4 Å². The summed E-state index contributed by atoms with van der Waals surface area (Å²) in [5, 5.41) is 6.36. The number of aromatic amines is 1. The highest BCUT2D eigenvalue weighted by atomic mass is 32.2. The van der Waals surface area contributed by atoms with Crippen LogP contribution in [0.2, 0.25) is 0 Å². The molecule has 1 aromatic rings. The molecule has 4 saturated carbocycles. The Morgan fingerprint density at radius 1 is 1.19 bits per heavy atom. The van der Waals surface area contributed by atoms with Gasteiger partial charge in [0.25, 0.3) is 0 Å². The minimum Gasteiger partial charge on any atom is -0.284 e. The third-order valence-corrected chi connectivity index (χ3v) is 7.31. The van der Waals surface area contributed by atoms with Gasteiger partial charge in [0.15, 0.2) is 0 Å². The number of aromatic nitrogens is 2. The largest absolute Gasteiger partial charge is 0.284 e. The van der Waals surface area contributed by atoms with Crippen LogP contribution in [-0.2, 0) is 10.0 Å². The van der Waals surface area contributed by atoms with E-state index in [1.165, 1.54) is 31.7 Å². The van der Waals surface area contributed by atoms with E-state index in [0.29, 0.717) is 16.7 Å². The highest BCUT2D eigenvalue weighted by Crippen LogP contribution is 2.66. The van der Waals surface area contributed by atoms with Gasteiger partial charge in [-0.3, -0.25) is 5.10 Å². The third kappa shape index (κ3) is 2.14. The molecule has 6 heteroatoms. The van der Waals surface area contributed by atoms with Gasteiger partial charge in [-0.2, -0.15) is 5.10 Å². The number of hydrogen-bond acceptors (Lipinski definition) is 3. The molecule has 2 N–H and O–H groups in total. The molecular weight excluding hydrogens is 286 g/mol. The van der Waals surface area contributed by atoms with Gasteiger partial charge >= 0.3 is 0 Å². The van der Waals surface area contributed by atoms with Crippen LogP contribution in [0.5, 0.6) is 0 Å². The average molecular weight is 309 g/mol. The Labute approximate surface area is 126 Å². The van der Waals surface area contributed by atoms with Crippen LogP contribution in [0.4, 0.5) is 0 Å². The zero-order chi connectivity index (χ0) is 14.9. The number of nitrogens with zero attached hydrogens (tertiary/aromatic N) is 1. The minimum absolute atomic E-state index is 0.244. The SMILES string of the molecule is CC12CC3CC(C)(C1)CC(NS(=O)(=O)c1cn[nH]c1)(C3)C2. The van der Waals surface area contributed by atoms with Gasteiger partial charge in [-0.1, -0.05) is 13.8 Å². The topological polar surface area (TPSA) is 74.8 Å². The Morgan fingerprint density at radius 2 is 1.86 bits per heavy atom. The second-order valence-corrected chi connectivity index (χ2v) is 10.1. The molecule has 4 bridgehead atoms. The van der Waals surface area contributed by atoms with Gasteiger partial charge in [-0.15, -0.1) is 0 Å². The van der Waals surface area contributed by atoms with Crippen LogP contribution in [0.15, 0.2) is 17.3 Å². The van der Waals surface area contributed by atoms with E-state index in [0.717, 1.165) is 19.3 Å². The first-order valence-electron chi connectivity index (χ1n) is 7.75. The molecule has 2 unspecified atom stereocenters. The first kappa shape index (κ1) is 13.8. The fraction of sp³-hybridized carbons (Fsp3) is 0.800. The molecule has 5 rings (SSSR count). The summed E-state index contributed by atoms with van der Waals surface area (Å²) in [6, 6.07) is 0. The first-order chi connectivity index (χ1) is 9.72. The minimum atomic E-state index is -3.48. The summed E-state index contributed by atoms with van der Waals surface area (Å²) in [4.78, 5) is 0.244.